The van der Waals surface area contributed by atoms with E-state index >= 15 is 0 Å². The fourth-order valence-corrected chi connectivity index (χ4v) is 3.69. The Balaban J connectivity index is 2.74. The van der Waals surface area contributed by atoms with Gasteiger partial charge >= 0.3 is 0 Å². The van der Waals surface area contributed by atoms with Gasteiger partial charge in [0, 0.05) is 13.0 Å². The second-order valence-electron chi connectivity index (χ2n) is 6.19. The number of nitrogens with zero attached hydrogens (tertiary/aromatic N) is 1. The molecule has 0 saturated carbocycles. The van der Waals surface area contributed by atoms with Crippen molar-refractivity contribution >= 4 is 16.3 Å². The van der Waals surface area contributed by atoms with E-state index in [9.17, 15) is 13.2 Å². The van der Waals surface area contributed by atoms with Crippen molar-refractivity contribution in [1.29, 1.82) is 0 Å². The quantitative estimate of drug-likeness (QED) is 0.253. The van der Waals surface area contributed by atoms with Gasteiger partial charge in [-0.15, -0.1) is 5.92 Å². The van der Waals surface area contributed by atoms with Crippen LogP contribution in [0.1, 0.15) is 51.0 Å². The maximum Gasteiger partial charge on any atom is 0.244 e. The molecule has 0 aliphatic rings. The van der Waals surface area contributed by atoms with Gasteiger partial charge in [-0.05, 0) is 31.6 Å². The molecular weight excluding hydrogens is 346 g/mol. The fourth-order valence-electron chi connectivity index (χ4n) is 2.39. The normalized spacial score (nSPS) is 11.5. The number of allylic oxidation sites excluding steroid dienone is 1. The number of sulfonamides is 1. The van der Waals surface area contributed by atoms with Gasteiger partial charge in [-0.2, -0.15) is 4.31 Å². The SMILES string of the molecule is CCCCCCCC#CCN(C/C=C/C=O)S(=O)(=O)c1ccc(C)cc1. The van der Waals surface area contributed by atoms with E-state index in [-0.39, 0.29) is 18.0 Å². The largest absolute Gasteiger partial charge is 0.299 e. The summed E-state index contributed by atoms with van der Waals surface area (Å²) in [5.41, 5.74) is 0.999. The van der Waals surface area contributed by atoms with Gasteiger partial charge in [0.1, 0.15) is 6.29 Å². The Morgan fingerprint density at radius 2 is 1.73 bits per heavy atom. The van der Waals surface area contributed by atoms with Gasteiger partial charge in [0.05, 0.1) is 11.4 Å². The lowest BCUT2D eigenvalue weighted by atomic mass is 10.1. The Kier molecular flexibility index (Phi) is 10.6. The second-order valence-corrected chi connectivity index (χ2v) is 8.13. The summed E-state index contributed by atoms with van der Waals surface area (Å²) in [6, 6.07) is 6.74. The molecule has 0 atom stereocenters. The molecule has 0 bridgehead atoms. The molecule has 0 unspecified atom stereocenters. The van der Waals surface area contributed by atoms with Gasteiger partial charge in [-0.1, -0.05) is 62.3 Å². The molecule has 1 aromatic carbocycles. The molecule has 0 aliphatic heterocycles. The van der Waals surface area contributed by atoms with Crippen molar-refractivity contribution in [3.8, 4) is 11.8 Å². The second kappa shape index (κ2) is 12.5. The average molecular weight is 376 g/mol. The van der Waals surface area contributed by atoms with Crippen LogP contribution in [0.4, 0.5) is 0 Å². The molecule has 0 radical (unpaired) electrons. The number of aryl methyl sites for hydroxylation is 1. The van der Waals surface area contributed by atoms with Crippen molar-refractivity contribution in [2.24, 2.45) is 0 Å². The van der Waals surface area contributed by atoms with Crippen LogP contribution in [0.15, 0.2) is 41.3 Å². The Labute approximate surface area is 158 Å². The lowest BCUT2D eigenvalue weighted by Gasteiger charge is -2.18. The van der Waals surface area contributed by atoms with Crippen molar-refractivity contribution in [1.82, 2.24) is 4.31 Å². The van der Waals surface area contributed by atoms with E-state index in [1.807, 2.05) is 6.92 Å². The third-order valence-corrected chi connectivity index (χ3v) is 5.79. The molecule has 4 nitrogen and oxygen atoms in total. The van der Waals surface area contributed by atoms with Crippen molar-refractivity contribution in [3.63, 3.8) is 0 Å². The zero-order valence-electron chi connectivity index (χ0n) is 15.8. The summed E-state index contributed by atoms with van der Waals surface area (Å²) in [6.07, 6.45) is 10.2. The molecule has 0 spiro atoms. The number of benzene rings is 1. The summed E-state index contributed by atoms with van der Waals surface area (Å²) >= 11 is 0. The number of unbranched alkanes of at least 4 members (excludes halogenated alkanes) is 5. The Morgan fingerprint density at radius 1 is 1.04 bits per heavy atom. The highest BCUT2D eigenvalue weighted by Gasteiger charge is 2.22. The monoisotopic (exact) mass is 375 g/mol. The molecule has 1 aromatic rings. The minimum Gasteiger partial charge on any atom is -0.299 e. The van der Waals surface area contributed by atoms with E-state index in [1.165, 1.54) is 35.7 Å². The molecule has 0 heterocycles. The lowest BCUT2D eigenvalue weighted by Crippen LogP contribution is -2.31. The maximum absolute atomic E-state index is 12.8. The molecule has 0 saturated heterocycles. The number of hydrogen-bond acceptors (Lipinski definition) is 3. The van der Waals surface area contributed by atoms with Crippen molar-refractivity contribution in [3.05, 3.63) is 42.0 Å². The number of rotatable bonds is 11. The van der Waals surface area contributed by atoms with Crippen molar-refractivity contribution < 1.29 is 13.2 Å². The summed E-state index contributed by atoms with van der Waals surface area (Å²) < 4.78 is 26.9. The highest BCUT2D eigenvalue weighted by Crippen LogP contribution is 2.16. The topological polar surface area (TPSA) is 54.5 Å². The zero-order valence-corrected chi connectivity index (χ0v) is 16.6. The van der Waals surface area contributed by atoms with Crippen LogP contribution in [0.25, 0.3) is 0 Å². The van der Waals surface area contributed by atoms with Crippen LogP contribution in [0.5, 0.6) is 0 Å². The van der Waals surface area contributed by atoms with E-state index in [0.717, 1.165) is 24.8 Å². The minimum absolute atomic E-state index is 0.119. The Bertz CT molecular complexity index is 725. The third kappa shape index (κ3) is 7.99. The number of carbonyl (C=O) groups excluding carboxylic acids is 1. The lowest BCUT2D eigenvalue weighted by molar-refractivity contribution is -0.104. The van der Waals surface area contributed by atoms with E-state index in [2.05, 4.69) is 18.8 Å². The number of aldehydes is 1. The number of carbonyl (C=O) groups is 1. The van der Waals surface area contributed by atoms with Crippen molar-refractivity contribution in [2.45, 2.75) is 57.3 Å². The maximum atomic E-state index is 12.8. The summed E-state index contributed by atoms with van der Waals surface area (Å²) in [6.45, 7) is 4.34. The fraction of sp³-hybridized carbons (Fsp3) is 0.476. The molecular formula is C21H29NO3S. The Hall–Kier alpha value is -1.90. The number of hydrogen-bond donors (Lipinski definition) is 0. The molecule has 0 aromatic heterocycles. The molecule has 0 fully saturated rings. The van der Waals surface area contributed by atoms with Crippen LogP contribution >= 0.6 is 0 Å². The summed E-state index contributed by atoms with van der Waals surface area (Å²) in [4.78, 5) is 10.7. The predicted octanol–water partition coefficient (Wildman–Crippen LogP) is 4.10. The van der Waals surface area contributed by atoms with Gasteiger partial charge < -0.3 is 0 Å². The van der Waals surface area contributed by atoms with E-state index in [0.29, 0.717) is 6.29 Å². The van der Waals surface area contributed by atoms with Gasteiger partial charge in [-0.3, -0.25) is 4.79 Å². The Morgan fingerprint density at radius 3 is 2.38 bits per heavy atom. The minimum atomic E-state index is -3.64. The average Bonchev–Trinajstić information content (AvgIpc) is 2.62. The summed E-state index contributed by atoms with van der Waals surface area (Å²) in [5, 5.41) is 0. The van der Waals surface area contributed by atoms with Crippen LogP contribution in [0, 0.1) is 18.8 Å². The van der Waals surface area contributed by atoms with Gasteiger partial charge in [-0.25, -0.2) is 8.42 Å². The molecule has 0 amide bonds. The summed E-state index contributed by atoms with van der Waals surface area (Å²) in [7, 11) is -3.64. The molecule has 26 heavy (non-hydrogen) atoms. The molecule has 142 valence electrons. The van der Waals surface area contributed by atoms with E-state index < -0.39 is 10.0 Å². The molecule has 5 heteroatoms. The van der Waals surface area contributed by atoms with Crippen LogP contribution in [0.2, 0.25) is 0 Å². The van der Waals surface area contributed by atoms with Gasteiger partial charge in [0.15, 0.2) is 0 Å². The predicted molar refractivity (Wildman–Crippen MR) is 106 cm³/mol. The first-order chi connectivity index (χ1) is 12.5. The first kappa shape index (κ1) is 22.1. The third-order valence-electron chi connectivity index (χ3n) is 3.97. The summed E-state index contributed by atoms with van der Waals surface area (Å²) in [5.74, 6) is 6.03. The standard InChI is InChI=1S/C21H29NO3S/c1-3-4-5-6-7-8-9-10-17-22(18-11-12-19-23)26(24,25)21-15-13-20(2)14-16-21/h11-16,19H,3-8,17-18H2,1-2H3/b12-11+. The zero-order chi connectivity index (χ0) is 19.3. The smallest absolute Gasteiger partial charge is 0.244 e. The first-order valence-corrected chi connectivity index (χ1v) is 10.6. The van der Waals surface area contributed by atoms with Crippen LogP contribution in [-0.2, 0) is 14.8 Å². The van der Waals surface area contributed by atoms with Gasteiger partial charge in [0.25, 0.3) is 0 Å². The van der Waals surface area contributed by atoms with Crippen LogP contribution < -0.4 is 0 Å². The highest BCUT2D eigenvalue weighted by molar-refractivity contribution is 7.89. The van der Waals surface area contributed by atoms with Crippen LogP contribution in [-0.4, -0.2) is 32.1 Å². The van der Waals surface area contributed by atoms with Crippen LogP contribution in [0.3, 0.4) is 0 Å². The van der Waals surface area contributed by atoms with Gasteiger partial charge in [0.2, 0.25) is 10.0 Å². The first-order valence-electron chi connectivity index (χ1n) is 9.15. The molecule has 0 N–H and O–H groups in total. The molecule has 0 aliphatic carbocycles. The highest BCUT2D eigenvalue weighted by atomic mass is 32.2. The van der Waals surface area contributed by atoms with Crippen molar-refractivity contribution in [2.75, 3.05) is 13.1 Å². The van der Waals surface area contributed by atoms with E-state index in [1.54, 1.807) is 24.3 Å². The van der Waals surface area contributed by atoms with E-state index in [4.69, 9.17) is 0 Å². The molecule has 1 rings (SSSR count).